The number of nitrogens with zero attached hydrogens (tertiary/aromatic N) is 5. The van der Waals surface area contributed by atoms with E-state index in [0.717, 1.165) is 61.2 Å². The first-order valence-electron chi connectivity index (χ1n) is 11.4. The van der Waals surface area contributed by atoms with Crippen LogP contribution in [0.5, 0.6) is 0 Å². The Morgan fingerprint density at radius 3 is 2.70 bits per heavy atom. The van der Waals surface area contributed by atoms with Crippen LogP contribution in [0.2, 0.25) is 0 Å². The Morgan fingerprint density at radius 1 is 1.24 bits per heavy atom. The van der Waals surface area contributed by atoms with Crippen molar-refractivity contribution >= 4 is 41.1 Å². The molecule has 1 N–H and O–H groups in total. The molecule has 2 amide bonds. The molecule has 8 nitrogen and oxygen atoms in total. The number of anilines is 1. The molecule has 3 aromatic rings. The van der Waals surface area contributed by atoms with Crippen molar-refractivity contribution in [3.05, 3.63) is 53.5 Å². The van der Waals surface area contributed by atoms with Gasteiger partial charge in [-0.2, -0.15) is 4.98 Å². The van der Waals surface area contributed by atoms with Gasteiger partial charge in [-0.1, -0.05) is 6.58 Å². The van der Waals surface area contributed by atoms with E-state index in [1.165, 1.54) is 0 Å². The van der Waals surface area contributed by atoms with E-state index < -0.39 is 0 Å². The van der Waals surface area contributed by atoms with Crippen molar-refractivity contribution in [1.82, 2.24) is 24.1 Å². The van der Waals surface area contributed by atoms with Crippen LogP contribution < -0.4 is 5.32 Å². The quantitative estimate of drug-likeness (QED) is 0.626. The van der Waals surface area contributed by atoms with Gasteiger partial charge in [0.1, 0.15) is 0 Å². The lowest BCUT2D eigenvalue weighted by Crippen LogP contribution is -2.27. The molecule has 170 valence electrons. The van der Waals surface area contributed by atoms with Crippen LogP contribution >= 0.6 is 0 Å². The maximum Gasteiger partial charge on any atom is 0.256 e. The highest BCUT2D eigenvalue weighted by atomic mass is 16.2. The largest absolute Gasteiger partial charge is 0.350 e. The molecule has 0 radical (unpaired) electrons. The number of pyridine rings is 1. The molecular weight excluding hydrogens is 416 g/mol. The van der Waals surface area contributed by atoms with Gasteiger partial charge in [0.05, 0.1) is 5.56 Å². The summed E-state index contributed by atoms with van der Waals surface area (Å²) in [6.07, 6.45) is 11.5. The third-order valence-corrected chi connectivity index (χ3v) is 6.42. The summed E-state index contributed by atoms with van der Waals surface area (Å²) in [6.45, 7) is 7.59. The molecule has 0 spiro atoms. The van der Waals surface area contributed by atoms with Gasteiger partial charge in [0.25, 0.3) is 5.91 Å². The van der Waals surface area contributed by atoms with Crippen molar-refractivity contribution in [1.29, 1.82) is 0 Å². The number of carbonyl (C=O) groups excluding carboxylic acids is 2. The van der Waals surface area contributed by atoms with Gasteiger partial charge in [-0.3, -0.25) is 14.9 Å². The molecule has 1 saturated carbocycles. The average Bonchev–Trinajstić information content (AvgIpc) is 3.22. The SMILES string of the molecule is C=Cc1c(/C=C(\C)c2ccn3nc(NC(=O)C4CC4)nc3c2)c(C(=O)N2CCCC2)cn1C. The Kier molecular flexibility index (Phi) is 5.36. The Hall–Kier alpha value is -3.68. The number of nitrogens with one attached hydrogen (secondary N) is 1. The van der Waals surface area contributed by atoms with Crippen LogP contribution in [0.1, 0.15) is 59.8 Å². The number of hydrogen-bond donors (Lipinski definition) is 1. The molecule has 2 fully saturated rings. The summed E-state index contributed by atoms with van der Waals surface area (Å²) in [5, 5.41) is 7.14. The monoisotopic (exact) mass is 444 g/mol. The van der Waals surface area contributed by atoms with E-state index in [1.54, 1.807) is 10.6 Å². The molecule has 0 bridgehead atoms. The fourth-order valence-corrected chi connectivity index (χ4v) is 4.36. The standard InChI is InChI=1S/C25H28N6O2/c1-4-21-19(20(15-29(21)3)24(33)30-10-5-6-11-30)13-16(2)18-9-12-31-22(14-18)26-25(28-31)27-23(32)17-7-8-17/h4,9,12-15,17H,1,5-8,10-11H2,2-3H3,(H,27,28,32)/b16-13+. The molecule has 1 aliphatic heterocycles. The summed E-state index contributed by atoms with van der Waals surface area (Å²) >= 11 is 0. The normalized spacial score (nSPS) is 16.4. The van der Waals surface area contributed by atoms with E-state index >= 15 is 0 Å². The number of rotatable bonds is 6. The highest BCUT2D eigenvalue weighted by Gasteiger charge is 2.30. The lowest BCUT2D eigenvalue weighted by molar-refractivity contribution is -0.117. The van der Waals surface area contributed by atoms with Crippen LogP contribution in [0.25, 0.3) is 23.4 Å². The van der Waals surface area contributed by atoms with Crippen molar-refractivity contribution in [2.24, 2.45) is 13.0 Å². The lowest BCUT2D eigenvalue weighted by atomic mass is 10.0. The van der Waals surface area contributed by atoms with E-state index in [0.29, 0.717) is 17.2 Å². The second kappa shape index (κ2) is 8.35. The van der Waals surface area contributed by atoms with Gasteiger partial charge in [-0.25, -0.2) is 4.52 Å². The minimum Gasteiger partial charge on any atom is -0.350 e. The zero-order valence-corrected chi connectivity index (χ0v) is 19.0. The second-order valence-electron chi connectivity index (χ2n) is 8.90. The zero-order valence-electron chi connectivity index (χ0n) is 19.0. The highest BCUT2D eigenvalue weighted by molar-refractivity contribution is 6.01. The number of allylic oxidation sites excluding steroid dienone is 1. The fourth-order valence-electron chi connectivity index (χ4n) is 4.36. The number of hydrogen-bond acceptors (Lipinski definition) is 4. The molecule has 33 heavy (non-hydrogen) atoms. The number of carbonyl (C=O) groups is 2. The van der Waals surface area contributed by atoms with Crippen LogP contribution in [-0.2, 0) is 11.8 Å². The lowest BCUT2D eigenvalue weighted by Gasteiger charge is -2.15. The van der Waals surface area contributed by atoms with E-state index in [1.807, 2.05) is 54.0 Å². The number of aryl methyl sites for hydroxylation is 1. The molecule has 3 aromatic heterocycles. The number of amides is 2. The molecule has 5 rings (SSSR count). The first kappa shape index (κ1) is 21.2. The number of aromatic nitrogens is 4. The van der Waals surface area contributed by atoms with Crippen LogP contribution in [0, 0.1) is 5.92 Å². The zero-order chi connectivity index (χ0) is 23.1. The minimum absolute atomic E-state index is 0.0153. The van der Waals surface area contributed by atoms with Crippen LogP contribution in [0.3, 0.4) is 0 Å². The molecule has 4 heterocycles. The maximum atomic E-state index is 13.2. The van der Waals surface area contributed by atoms with Crippen molar-refractivity contribution in [2.75, 3.05) is 18.4 Å². The van der Waals surface area contributed by atoms with Gasteiger partial charge < -0.3 is 9.47 Å². The third-order valence-electron chi connectivity index (χ3n) is 6.42. The highest BCUT2D eigenvalue weighted by Crippen LogP contribution is 2.30. The first-order valence-corrected chi connectivity index (χ1v) is 11.4. The van der Waals surface area contributed by atoms with Crippen molar-refractivity contribution in [3.63, 3.8) is 0 Å². The molecule has 8 heteroatoms. The molecule has 0 atom stereocenters. The van der Waals surface area contributed by atoms with Crippen molar-refractivity contribution < 1.29 is 9.59 Å². The van der Waals surface area contributed by atoms with Crippen molar-refractivity contribution in [3.8, 4) is 0 Å². The van der Waals surface area contributed by atoms with E-state index in [-0.39, 0.29) is 17.7 Å². The molecule has 1 aliphatic carbocycles. The van der Waals surface area contributed by atoms with Gasteiger partial charge in [0, 0.05) is 49.7 Å². The number of fused-ring (bicyclic) bond motifs is 1. The van der Waals surface area contributed by atoms with E-state index in [4.69, 9.17) is 0 Å². The summed E-state index contributed by atoms with van der Waals surface area (Å²) in [6, 6.07) is 3.89. The summed E-state index contributed by atoms with van der Waals surface area (Å²) in [4.78, 5) is 31.6. The molecule has 0 unspecified atom stereocenters. The summed E-state index contributed by atoms with van der Waals surface area (Å²) in [7, 11) is 1.93. The molecular formula is C25H28N6O2. The van der Waals surface area contributed by atoms with Crippen molar-refractivity contribution in [2.45, 2.75) is 32.6 Å². The van der Waals surface area contributed by atoms with Gasteiger partial charge >= 0.3 is 0 Å². The minimum atomic E-state index is -0.0153. The third kappa shape index (κ3) is 4.08. The number of likely N-dealkylation sites (tertiary alicyclic amines) is 1. The average molecular weight is 445 g/mol. The summed E-state index contributed by atoms with van der Waals surface area (Å²) < 4.78 is 3.60. The smallest absolute Gasteiger partial charge is 0.256 e. The Labute approximate surface area is 192 Å². The van der Waals surface area contributed by atoms with Gasteiger partial charge in [-0.15, -0.1) is 5.10 Å². The van der Waals surface area contributed by atoms with Gasteiger partial charge in [-0.05, 0) is 68.0 Å². The Bertz CT molecular complexity index is 1290. The van der Waals surface area contributed by atoms with Crippen LogP contribution in [-0.4, -0.2) is 49.0 Å². The first-order chi connectivity index (χ1) is 15.9. The Morgan fingerprint density at radius 2 is 2.00 bits per heavy atom. The summed E-state index contributed by atoms with van der Waals surface area (Å²) in [5.74, 6) is 0.471. The molecule has 1 saturated heterocycles. The predicted octanol–water partition coefficient (Wildman–Crippen LogP) is 3.86. The van der Waals surface area contributed by atoms with Crippen LogP contribution in [0.4, 0.5) is 5.95 Å². The van der Waals surface area contributed by atoms with E-state index in [2.05, 4.69) is 22.0 Å². The second-order valence-corrected chi connectivity index (χ2v) is 8.90. The topological polar surface area (TPSA) is 84.5 Å². The molecule has 2 aliphatic rings. The fraction of sp³-hybridized carbons (Fsp3) is 0.360. The Balaban J connectivity index is 1.47. The van der Waals surface area contributed by atoms with Gasteiger partial charge in [0.2, 0.25) is 11.9 Å². The van der Waals surface area contributed by atoms with Crippen LogP contribution in [0.15, 0.2) is 31.1 Å². The van der Waals surface area contributed by atoms with E-state index in [9.17, 15) is 9.59 Å². The summed E-state index contributed by atoms with van der Waals surface area (Å²) in [5.41, 5.74) is 5.09. The predicted molar refractivity (Wildman–Crippen MR) is 129 cm³/mol. The van der Waals surface area contributed by atoms with Gasteiger partial charge in [0.15, 0.2) is 5.65 Å². The molecule has 0 aromatic carbocycles. The maximum absolute atomic E-state index is 13.2.